The number of nitrogens with two attached hydrogens (primary N) is 1. The number of hydrogen-bond acceptors (Lipinski definition) is 3. The summed E-state index contributed by atoms with van der Waals surface area (Å²) in [7, 11) is 0. The summed E-state index contributed by atoms with van der Waals surface area (Å²) in [6, 6.07) is 13.0. The Morgan fingerprint density at radius 3 is 2.47 bits per heavy atom. The quantitative estimate of drug-likeness (QED) is 0.663. The maximum Gasteiger partial charge on any atom is 0.255 e. The number of carbonyl (C=O) groups excluding carboxylic acids is 1. The van der Waals surface area contributed by atoms with Crippen LogP contribution in [0.1, 0.15) is 15.9 Å². The molecule has 2 aromatic carbocycles. The van der Waals surface area contributed by atoms with E-state index in [0.29, 0.717) is 11.3 Å². The standard InChI is InChI=1S/C15H16N2OS/c1-10-3-6-12(7-4-10)17-15(18)11-5-8-13(16)14(9-11)19-2/h3-9H,16H2,1-2H3,(H,17,18). The Balaban J connectivity index is 2.18. The molecule has 3 nitrogen and oxygen atoms in total. The average Bonchev–Trinajstić information content (AvgIpc) is 2.42. The summed E-state index contributed by atoms with van der Waals surface area (Å²) in [5.41, 5.74) is 9.07. The van der Waals surface area contributed by atoms with Crippen LogP contribution in [0.2, 0.25) is 0 Å². The topological polar surface area (TPSA) is 55.1 Å². The largest absolute Gasteiger partial charge is 0.398 e. The maximum absolute atomic E-state index is 12.1. The van der Waals surface area contributed by atoms with Gasteiger partial charge in [0.25, 0.3) is 5.91 Å². The van der Waals surface area contributed by atoms with E-state index in [1.165, 1.54) is 11.8 Å². The van der Waals surface area contributed by atoms with Gasteiger partial charge in [0.15, 0.2) is 0 Å². The lowest BCUT2D eigenvalue weighted by atomic mass is 10.2. The van der Waals surface area contributed by atoms with E-state index in [-0.39, 0.29) is 5.91 Å². The van der Waals surface area contributed by atoms with E-state index in [0.717, 1.165) is 16.1 Å². The third kappa shape index (κ3) is 3.29. The van der Waals surface area contributed by atoms with Crippen molar-refractivity contribution in [2.24, 2.45) is 0 Å². The van der Waals surface area contributed by atoms with Crippen LogP contribution in [-0.2, 0) is 0 Å². The minimum absolute atomic E-state index is 0.126. The van der Waals surface area contributed by atoms with Crippen molar-refractivity contribution in [3.05, 3.63) is 53.6 Å². The number of carbonyl (C=O) groups is 1. The van der Waals surface area contributed by atoms with E-state index < -0.39 is 0 Å². The molecule has 4 heteroatoms. The van der Waals surface area contributed by atoms with Crippen molar-refractivity contribution in [2.75, 3.05) is 17.3 Å². The van der Waals surface area contributed by atoms with E-state index in [4.69, 9.17) is 5.73 Å². The van der Waals surface area contributed by atoms with Crippen molar-refractivity contribution in [1.29, 1.82) is 0 Å². The third-order valence-corrected chi connectivity index (χ3v) is 3.60. The van der Waals surface area contributed by atoms with Crippen LogP contribution in [0.4, 0.5) is 11.4 Å². The monoisotopic (exact) mass is 272 g/mol. The smallest absolute Gasteiger partial charge is 0.255 e. The number of benzene rings is 2. The fraction of sp³-hybridized carbons (Fsp3) is 0.133. The lowest BCUT2D eigenvalue weighted by Crippen LogP contribution is -2.12. The SMILES string of the molecule is CSc1cc(C(=O)Nc2ccc(C)cc2)ccc1N. The van der Waals surface area contributed by atoms with Gasteiger partial charge in [0.05, 0.1) is 0 Å². The first kappa shape index (κ1) is 13.5. The van der Waals surface area contributed by atoms with E-state index in [2.05, 4.69) is 5.32 Å². The van der Waals surface area contributed by atoms with E-state index >= 15 is 0 Å². The Morgan fingerprint density at radius 2 is 1.84 bits per heavy atom. The van der Waals surface area contributed by atoms with Gasteiger partial charge >= 0.3 is 0 Å². The molecule has 0 saturated heterocycles. The molecule has 0 aliphatic carbocycles. The molecule has 0 spiro atoms. The van der Waals surface area contributed by atoms with Crippen LogP contribution in [0.15, 0.2) is 47.4 Å². The van der Waals surface area contributed by atoms with Crippen LogP contribution >= 0.6 is 11.8 Å². The predicted octanol–water partition coefficient (Wildman–Crippen LogP) is 3.55. The molecule has 1 amide bonds. The summed E-state index contributed by atoms with van der Waals surface area (Å²) in [5.74, 6) is -0.126. The maximum atomic E-state index is 12.1. The van der Waals surface area contributed by atoms with Gasteiger partial charge in [-0.15, -0.1) is 11.8 Å². The molecule has 98 valence electrons. The summed E-state index contributed by atoms with van der Waals surface area (Å²) >= 11 is 1.53. The van der Waals surface area contributed by atoms with E-state index in [1.54, 1.807) is 12.1 Å². The molecule has 19 heavy (non-hydrogen) atoms. The van der Waals surface area contributed by atoms with Crippen LogP contribution in [0.5, 0.6) is 0 Å². The number of rotatable bonds is 3. The number of amides is 1. The summed E-state index contributed by atoms with van der Waals surface area (Å²) in [6.07, 6.45) is 1.94. The van der Waals surface area contributed by atoms with Gasteiger partial charge in [-0.3, -0.25) is 4.79 Å². The zero-order valence-electron chi connectivity index (χ0n) is 10.9. The molecule has 0 radical (unpaired) electrons. The molecule has 0 heterocycles. The van der Waals surface area contributed by atoms with Crippen molar-refractivity contribution in [1.82, 2.24) is 0 Å². The number of nitrogen functional groups attached to an aromatic ring is 1. The summed E-state index contributed by atoms with van der Waals surface area (Å²) < 4.78 is 0. The number of anilines is 2. The molecule has 0 atom stereocenters. The molecule has 0 aliphatic rings. The Morgan fingerprint density at radius 1 is 1.16 bits per heavy atom. The molecular weight excluding hydrogens is 256 g/mol. The number of thioether (sulfide) groups is 1. The second-order valence-electron chi connectivity index (χ2n) is 4.28. The first-order chi connectivity index (χ1) is 9.10. The second-order valence-corrected chi connectivity index (χ2v) is 5.12. The van der Waals surface area contributed by atoms with Crippen molar-refractivity contribution >= 4 is 29.0 Å². The van der Waals surface area contributed by atoms with Gasteiger partial charge in [-0.25, -0.2) is 0 Å². The van der Waals surface area contributed by atoms with Gasteiger partial charge in [0, 0.05) is 21.8 Å². The molecule has 0 bridgehead atoms. The minimum Gasteiger partial charge on any atom is -0.398 e. The Hall–Kier alpha value is -1.94. The van der Waals surface area contributed by atoms with Crippen LogP contribution in [0.25, 0.3) is 0 Å². The van der Waals surface area contributed by atoms with Gasteiger partial charge < -0.3 is 11.1 Å². The second kappa shape index (κ2) is 5.80. The minimum atomic E-state index is -0.126. The molecule has 2 aromatic rings. The van der Waals surface area contributed by atoms with Crippen molar-refractivity contribution in [3.63, 3.8) is 0 Å². The summed E-state index contributed by atoms with van der Waals surface area (Å²) in [4.78, 5) is 13.0. The molecule has 3 N–H and O–H groups in total. The highest BCUT2D eigenvalue weighted by Gasteiger charge is 2.08. The zero-order chi connectivity index (χ0) is 13.8. The molecule has 0 saturated carbocycles. The number of aryl methyl sites for hydroxylation is 1. The first-order valence-electron chi connectivity index (χ1n) is 5.91. The Labute approximate surface area is 117 Å². The van der Waals surface area contributed by atoms with Crippen LogP contribution in [0.3, 0.4) is 0 Å². The van der Waals surface area contributed by atoms with Crippen molar-refractivity contribution in [2.45, 2.75) is 11.8 Å². The van der Waals surface area contributed by atoms with Crippen LogP contribution < -0.4 is 11.1 Å². The summed E-state index contributed by atoms with van der Waals surface area (Å²) in [5, 5.41) is 2.87. The van der Waals surface area contributed by atoms with Gasteiger partial charge in [0.1, 0.15) is 0 Å². The van der Waals surface area contributed by atoms with Gasteiger partial charge in [0.2, 0.25) is 0 Å². The molecule has 0 aliphatic heterocycles. The van der Waals surface area contributed by atoms with Gasteiger partial charge in [-0.05, 0) is 43.5 Å². The number of nitrogens with one attached hydrogen (secondary N) is 1. The van der Waals surface area contributed by atoms with Gasteiger partial charge in [-0.1, -0.05) is 17.7 Å². The Kier molecular flexibility index (Phi) is 4.12. The molecule has 0 unspecified atom stereocenters. The zero-order valence-corrected chi connectivity index (χ0v) is 11.8. The normalized spacial score (nSPS) is 10.2. The molecular formula is C15H16N2OS. The predicted molar refractivity (Wildman–Crippen MR) is 81.8 cm³/mol. The van der Waals surface area contributed by atoms with Crippen molar-refractivity contribution in [3.8, 4) is 0 Å². The van der Waals surface area contributed by atoms with E-state index in [1.807, 2.05) is 43.5 Å². The van der Waals surface area contributed by atoms with Crippen LogP contribution in [-0.4, -0.2) is 12.2 Å². The average molecular weight is 272 g/mol. The highest BCUT2D eigenvalue weighted by atomic mass is 32.2. The summed E-state index contributed by atoms with van der Waals surface area (Å²) in [6.45, 7) is 2.01. The van der Waals surface area contributed by atoms with Crippen LogP contribution in [0, 0.1) is 6.92 Å². The fourth-order valence-electron chi connectivity index (χ4n) is 1.69. The van der Waals surface area contributed by atoms with Gasteiger partial charge in [-0.2, -0.15) is 0 Å². The fourth-order valence-corrected chi connectivity index (χ4v) is 2.24. The molecule has 2 rings (SSSR count). The highest BCUT2D eigenvalue weighted by Crippen LogP contribution is 2.24. The molecule has 0 fully saturated rings. The third-order valence-electron chi connectivity index (χ3n) is 2.81. The molecule has 0 aromatic heterocycles. The number of hydrogen-bond donors (Lipinski definition) is 2. The van der Waals surface area contributed by atoms with E-state index in [9.17, 15) is 4.79 Å². The lowest BCUT2D eigenvalue weighted by molar-refractivity contribution is 0.102. The Bertz CT molecular complexity index is 594. The lowest BCUT2D eigenvalue weighted by Gasteiger charge is -2.08. The van der Waals surface area contributed by atoms with Crippen molar-refractivity contribution < 1.29 is 4.79 Å². The first-order valence-corrected chi connectivity index (χ1v) is 7.14. The highest BCUT2D eigenvalue weighted by molar-refractivity contribution is 7.98.